The van der Waals surface area contributed by atoms with E-state index in [-0.39, 0.29) is 0 Å². The van der Waals surface area contributed by atoms with Crippen LogP contribution in [0.1, 0.15) is 12.5 Å². The molecule has 0 aliphatic rings. The van der Waals surface area contributed by atoms with Crippen LogP contribution in [0.15, 0.2) is 24.5 Å². The number of carbonyl (C=O) groups is 2. The third kappa shape index (κ3) is 2.73. The van der Waals surface area contributed by atoms with Gasteiger partial charge in [-0.3, -0.25) is 9.59 Å². The molecule has 100 valence electrons. The number of hydrogen-bond acceptors (Lipinski definition) is 3. The maximum atomic E-state index is 11.5. The van der Waals surface area contributed by atoms with Crippen molar-refractivity contribution in [1.82, 2.24) is 14.9 Å². The fourth-order valence-corrected chi connectivity index (χ4v) is 1.75. The minimum absolute atomic E-state index is 0.295. The lowest BCUT2D eigenvalue weighted by atomic mass is 10.1. The molecule has 1 aromatic carbocycles. The van der Waals surface area contributed by atoms with Crippen molar-refractivity contribution in [3.63, 3.8) is 0 Å². The van der Waals surface area contributed by atoms with E-state index in [1.165, 1.54) is 6.92 Å². The summed E-state index contributed by atoms with van der Waals surface area (Å²) in [6, 6.07) is 5.68. The number of carbonyl (C=O) groups excluding carboxylic acids is 1. The number of nitrogens with zero attached hydrogens (tertiary/aromatic N) is 2. The van der Waals surface area contributed by atoms with E-state index in [4.69, 9.17) is 5.11 Å². The van der Waals surface area contributed by atoms with Gasteiger partial charge in [0.05, 0.1) is 17.4 Å². The number of nitrogens with one attached hydrogen (secondary N) is 1. The normalized spacial score (nSPS) is 12.3. The number of carboxylic acid groups (broad SMARTS) is 1. The molecular formula is C13H15N3O3. The van der Waals surface area contributed by atoms with Crippen LogP contribution < -0.4 is 5.32 Å². The fourth-order valence-electron chi connectivity index (χ4n) is 1.75. The lowest BCUT2D eigenvalue weighted by molar-refractivity contribution is -0.146. The molecule has 0 radical (unpaired) electrons. The molecule has 6 heteroatoms. The summed E-state index contributed by atoms with van der Waals surface area (Å²) in [7, 11) is 1.91. The number of amides is 1. The van der Waals surface area contributed by atoms with Gasteiger partial charge in [0.1, 0.15) is 5.92 Å². The third-order valence-electron chi connectivity index (χ3n) is 3.02. The average Bonchev–Trinajstić information content (AvgIpc) is 2.76. The Labute approximate surface area is 110 Å². The zero-order chi connectivity index (χ0) is 14.0. The number of aromatic nitrogens is 2. The van der Waals surface area contributed by atoms with Crippen molar-refractivity contribution in [1.29, 1.82) is 0 Å². The summed E-state index contributed by atoms with van der Waals surface area (Å²) < 4.78 is 1.91. The summed E-state index contributed by atoms with van der Waals surface area (Å²) in [6.45, 7) is 1.66. The molecule has 2 aromatic rings. The molecule has 1 heterocycles. The molecule has 1 unspecified atom stereocenters. The van der Waals surface area contributed by atoms with Crippen molar-refractivity contribution in [3.05, 3.63) is 30.1 Å². The Morgan fingerprint density at radius 3 is 2.89 bits per heavy atom. The molecule has 0 aliphatic heterocycles. The van der Waals surface area contributed by atoms with Crippen molar-refractivity contribution >= 4 is 22.9 Å². The van der Waals surface area contributed by atoms with E-state index in [0.717, 1.165) is 16.6 Å². The second kappa shape index (κ2) is 5.09. The van der Waals surface area contributed by atoms with E-state index < -0.39 is 17.8 Å². The number of aliphatic carboxylic acids is 1. The first kappa shape index (κ1) is 13.1. The molecule has 1 atom stereocenters. The van der Waals surface area contributed by atoms with Crippen molar-refractivity contribution in [3.8, 4) is 0 Å². The van der Waals surface area contributed by atoms with E-state index in [0.29, 0.717) is 6.54 Å². The van der Waals surface area contributed by atoms with Crippen molar-refractivity contribution < 1.29 is 14.7 Å². The van der Waals surface area contributed by atoms with Crippen LogP contribution in [-0.4, -0.2) is 26.5 Å². The molecule has 2 N–H and O–H groups in total. The van der Waals surface area contributed by atoms with Crippen LogP contribution in [0.5, 0.6) is 0 Å². The van der Waals surface area contributed by atoms with Gasteiger partial charge >= 0.3 is 5.97 Å². The molecule has 6 nitrogen and oxygen atoms in total. The highest BCUT2D eigenvalue weighted by Crippen LogP contribution is 2.13. The summed E-state index contributed by atoms with van der Waals surface area (Å²) in [5, 5.41) is 11.3. The predicted octanol–water partition coefficient (Wildman–Crippen LogP) is 0.910. The number of carboxylic acids is 1. The van der Waals surface area contributed by atoms with Crippen LogP contribution in [0.25, 0.3) is 11.0 Å². The summed E-state index contributed by atoms with van der Waals surface area (Å²) >= 11 is 0. The molecule has 1 amide bonds. The molecule has 0 aliphatic carbocycles. The molecule has 2 rings (SSSR count). The van der Waals surface area contributed by atoms with Gasteiger partial charge in [-0.05, 0) is 24.6 Å². The van der Waals surface area contributed by atoms with Crippen LogP contribution >= 0.6 is 0 Å². The highest BCUT2D eigenvalue weighted by Gasteiger charge is 2.19. The fraction of sp³-hybridized carbons (Fsp3) is 0.308. The van der Waals surface area contributed by atoms with Gasteiger partial charge in [0.25, 0.3) is 0 Å². The van der Waals surface area contributed by atoms with E-state index in [1.54, 1.807) is 6.33 Å². The Bertz CT molecular complexity index is 633. The smallest absolute Gasteiger partial charge is 0.315 e. The van der Waals surface area contributed by atoms with E-state index in [2.05, 4.69) is 10.3 Å². The van der Waals surface area contributed by atoms with Crippen LogP contribution in [0.3, 0.4) is 0 Å². The molecule has 1 aromatic heterocycles. The monoisotopic (exact) mass is 261 g/mol. The third-order valence-corrected chi connectivity index (χ3v) is 3.02. The average molecular weight is 261 g/mol. The van der Waals surface area contributed by atoms with E-state index >= 15 is 0 Å². The molecular weight excluding hydrogens is 246 g/mol. The predicted molar refractivity (Wildman–Crippen MR) is 69.4 cm³/mol. The Balaban J connectivity index is 2.06. The van der Waals surface area contributed by atoms with Crippen molar-refractivity contribution in [2.45, 2.75) is 13.5 Å². The van der Waals surface area contributed by atoms with Crippen LogP contribution in [-0.2, 0) is 23.2 Å². The highest BCUT2D eigenvalue weighted by atomic mass is 16.4. The summed E-state index contributed by atoms with van der Waals surface area (Å²) in [5.41, 5.74) is 2.74. The Morgan fingerprint density at radius 2 is 2.21 bits per heavy atom. The van der Waals surface area contributed by atoms with Gasteiger partial charge in [0, 0.05) is 13.6 Å². The van der Waals surface area contributed by atoms with Gasteiger partial charge in [0.2, 0.25) is 5.91 Å². The first-order valence-electron chi connectivity index (χ1n) is 5.89. The minimum Gasteiger partial charge on any atom is -0.481 e. The van der Waals surface area contributed by atoms with Gasteiger partial charge < -0.3 is 15.0 Å². The van der Waals surface area contributed by atoms with Crippen molar-refractivity contribution in [2.24, 2.45) is 13.0 Å². The largest absolute Gasteiger partial charge is 0.481 e. The zero-order valence-electron chi connectivity index (χ0n) is 10.8. The highest BCUT2D eigenvalue weighted by molar-refractivity contribution is 5.96. The maximum Gasteiger partial charge on any atom is 0.315 e. The van der Waals surface area contributed by atoms with Gasteiger partial charge in [-0.15, -0.1) is 0 Å². The lowest BCUT2D eigenvalue weighted by Crippen LogP contribution is -2.33. The van der Waals surface area contributed by atoms with E-state index in [1.807, 2.05) is 29.8 Å². The Kier molecular flexibility index (Phi) is 3.50. The first-order valence-corrected chi connectivity index (χ1v) is 5.89. The second-order valence-electron chi connectivity index (χ2n) is 4.46. The number of hydrogen-bond donors (Lipinski definition) is 2. The lowest BCUT2D eigenvalue weighted by Gasteiger charge is -2.08. The van der Waals surface area contributed by atoms with Crippen molar-refractivity contribution in [2.75, 3.05) is 0 Å². The number of benzene rings is 1. The standard InChI is InChI=1S/C13H15N3O3/c1-8(13(18)19)12(17)14-6-9-3-4-11-10(5-9)15-7-16(11)2/h3-5,7-8H,6H2,1-2H3,(H,14,17)(H,18,19). The SMILES string of the molecule is CC(C(=O)O)C(=O)NCc1ccc2c(c1)ncn2C. The first-order chi connectivity index (χ1) is 8.99. The summed E-state index contributed by atoms with van der Waals surface area (Å²) in [4.78, 5) is 26.4. The molecule has 0 saturated heterocycles. The molecule has 19 heavy (non-hydrogen) atoms. The van der Waals surface area contributed by atoms with Gasteiger partial charge in [0.15, 0.2) is 0 Å². The van der Waals surface area contributed by atoms with E-state index in [9.17, 15) is 9.59 Å². The van der Waals surface area contributed by atoms with Crippen LogP contribution in [0.4, 0.5) is 0 Å². The maximum absolute atomic E-state index is 11.5. The Morgan fingerprint density at radius 1 is 1.47 bits per heavy atom. The summed E-state index contributed by atoms with van der Waals surface area (Å²) in [5.74, 6) is -2.66. The number of aryl methyl sites for hydroxylation is 1. The second-order valence-corrected chi connectivity index (χ2v) is 4.46. The van der Waals surface area contributed by atoms with Crippen LogP contribution in [0.2, 0.25) is 0 Å². The van der Waals surface area contributed by atoms with Gasteiger partial charge in [-0.1, -0.05) is 6.07 Å². The molecule has 0 bridgehead atoms. The van der Waals surface area contributed by atoms with Gasteiger partial charge in [-0.25, -0.2) is 4.98 Å². The molecule has 0 spiro atoms. The Hall–Kier alpha value is -2.37. The molecule has 0 fully saturated rings. The number of imidazole rings is 1. The van der Waals surface area contributed by atoms with Crippen LogP contribution in [0, 0.1) is 5.92 Å². The topological polar surface area (TPSA) is 84.2 Å². The van der Waals surface area contributed by atoms with Gasteiger partial charge in [-0.2, -0.15) is 0 Å². The number of rotatable bonds is 4. The number of fused-ring (bicyclic) bond motifs is 1. The summed E-state index contributed by atoms with van der Waals surface area (Å²) in [6.07, 6.45) is 1.72. The molecule has 0 saturated carbocycles. The minimum atomic E-state index is -1.13. The quantitative estimate of drug-likeness (QED) is 0.801. The zero-order valence-corrected chi connectivity index (χ0v) is 10.8.